The lowest BCUT2D eigenvalue weighted by Gasteiger charge is -2.06. The number of nitrogen functional groups attached to an aromatic ring is 1. The molecule has 0 saturated heterocycles. The predicted molar refractivity (Wildman–Crippen MR) is 58.4 cm³/mol. The molecule has 1 heterocycles. The van der Waals surface area contributed by atoms with Crippen LogP contribution >= 0.6 is 0 Å². The van der Waals surface area contributed by atoms with Gasteiger partial charge in [0.1, 0.15) is 5.82 Å². The van der Waals surface area contributed by atoms with Crippen molar-refractivity contribution >= 4 is 17.5 Å². The fourth-order valence-corrected chi connectivity index (χ4v) is 1.10. The molecule has 0 aliphatic carbocycles. The number of nitrogens with two attached hydrogens (primary N) is 1. The summed E-state index contributed by atoms with van der Waals surface area (Å²) in [6, 6.07) is 3.51. The summed E-state index contributed by atoms with van der Waals surface area (Å²) in [5, 5.41) is 3.05. The van der Waals surface area contributed by atoms with Gasteiger partial charge < -0.3 is 15.8 Å². The highest BCUT2D eigenvalue weighted by Crippen LogP contribution is 2.08. The number of hydrogen-bond acceptors (Lipinski definition) is 5. The molecular weight excluding hydrogens is 194 g/mol. The van der Waals surface area contributed by atoms with Crippen molar-refractivity contribution in [1.82, 2.24) is 4.98 Å². The lowest BCUT2D eigenvalue weighted by molar-refractivity contribution is -0.142. The van der Waals surface area contributed by atoms with Crippen LogP contribution in [0.1, 0.15) is 13.3 Å². The highest BCUT2D eigenvalue weighted by molar-refractivity contribution is 5.70. The number of aromatic nitrogens is 1. The Morgan fingerprint density at radius 1 is 1.67 bits per heavy atom. The third-order valence-corrected chi connectivity index (χ3v) is 1.74. The average molecular weight is 209 g/mol. The normalized spacial score (nSPS) is 9.67. The van der Waals surface area contributed by atoms with Gasteiger partial charge in [0.2, 0.25) is 0 Å². The molecule has 0 saturated carbocycles. The van der Waals surface area contributed by atoms with Crippen LogP contribution in [-0.4, -0.2) is 24.1 Å². The van der Waals surface area contributed by atoms with Gasteiger partial charge in [0, 0.05) is 24.5 Å². The average Bonchev–Trinajstić information content (AvgIpc) is 2.18. The minimum atomic E-state index is -0.202. The molecule has 0 bridgehead atoms. The monoisotopic (exact) mass is 209 g/mol. The Balaban J connectivity index is 2.28. The molecule has 0 aliphatic heterocycles. The van der Waals surface area contributed by atoms with E-state index in [0.717, 1.165) is 5.69 Å². The maximum absolute atomic E-state index is 11.0. The van der Waals surface area contributed by atoms with Crippen LogP contribution in [-0.2, 0) is 9.53 Å². The van der Waals surface area contributed by atoms with E-state index in [9.17, 15) is 4.79 Å². The topological polar surface area (TPSA) is 77.2 Å². The molecule has 1 rings (SSSR count). The number of anilines is 2. The van der Waals surface area contributed by atoms with Crippen LogP contribution < -0.4 is 11.1 Å². The standard InChI is InChI=1S/C10H15N3O2/c1-2-15-10(14)4-6-12-8-3-5-13-9(11)7-8/h3,5,7H,2,4,6H2,1H3,(H3,11,12,13). The number of nitrogens with zero attached hydrogens (tertiary/aromatic N) is 1. The Kier molecular flexibility index (Phi) is 4.40. The van der Waals surface area contributed by atoms with Gasteiger partial charge >= 0.3 is 5.97 Å². The fraction of sp³-hybridized carbons (Fsp3) is 0.400. The van der Waals surface area contributed by atoms with Crippen molar-refractivity contribution in [2.75, 3.05) is 24.2 Å². The summed E-state index contributed by atoms with van der Waals surface area (Å²) in [6.07, 6.45) is 1.96. The molecule has 0 aliphatic rings. The van der Waals surface area contributed by atoms with E-state index in [-0.39, 0.29) is 5.97 Å². The number of hydrogen-bond donors (Lipinski definition) is 2. The first-order chi connectivity index (χ1) is 7.22. The number of rotatable bonds is 5. The lowest BCUT2D eigenvalue weighted by Crippen LogP contribution is -2.11. The first-order valence-electron chi connectivity index (χ1n) is 4.83. The molecule has 0 atom stereocenters. The van der Waals surface area contributed by atoms with E-state index in [2.05, 4.69) is 10.3 Å². The Labute approximate surface area is 88.6 Å². The second kappa shape index (κ2) is 5.85. The zero-order valence-corrected chi connectivity index (χ0v) is 8.69. The van der Waals surface area contributed by atoms with E-state index in [0.29, 0.717) is 25.4 Å². The van der Waals surface area contributed by atoms with Crippen molar-refractivity contribution in [3.05, 3.63) is 18.3 Å². The molecule has 82 valence electrons. The molecule has 0 amide bonds. The fourth-order valence-electron chi connectivity index (χ4n) is 1.10. The van der Waals surface area contributed by atoms with Crippen molar-refractivity contribution in [3.8, 4) is 0 Å². The van der Waals surface area contributed by atoms with Crippen molar-refractivity contribution in [3.63, 3.8) is 0 Å². The maximum Gasteiger partial charge on any atom is 0.307 e. The van der Waals surface area contributed by atoms with Crippen LogP contribution in [0.4, 0.5) is 11.5 Å². The summed E-state index contributed by atoms with van der Waals surface area (Å²) in [7, 11) is 0. The van der Waals surface area contributed by atoms with Gasteiger partial charge in [-0.15, -0.1) is 0 Å². The van der Waals surface area contributed by atoms with E-state index in [1.54, 1.807) is 25.3 Å². The van der Waals surface area contributed by atoms with E-state index in [1.807, 2.05) is 0 Å². The smallest absolute Gasteiger partial charge is 0.307 e. The van der Waals surface area contributed by atoms with Gasteiger partial charge in [-0.25, -0.2) is 4.98 Å². The van der Waals surface area contributed by atoms with Gasteiger partial charge in [-0.3, -0.25) is 4.79 Å². The predicted octanol–water partition coefficient (Wildman–Crippen LogP) is 1.03. The summed E-state index contributed by atoms with van der Waals surface area (Å²) in [6.45, 7) is 2.73. The van der Waals surface area contributed by atoms with Crippen LogP contribution in [0.25, 0.3) is 0 Å². The molecule has 5 heteroatoms. The molecule has 3 N–H and O–H groups in total. The maximum atomic E-state index is 11.0. The largest absolute Gasteiger partial charge is 0.466 e. The van der Waals surface area contributed by atoms with Crippen molar-refractivity contribution in [2.24, 2.45) is 0 Å². The zero-order valence-electron chi connectivity index (χ0n) is 8.69. The van der Waals surface area contributed by atoms with Crippen molar-refractivity contribution in [1.29, 1.82) is 0 Å². The molecular formula is C10H15N3O2. The molecule has 0 radical (unpaired) electrons. The van der Waals surface area contributed by atoms with Crippen LogP contribution in [0.5, 0.6) is 0 Å². The number of carbonyl (C=O) groups is 1. The Morgan fingerprint density at radius 2 is 2.47 bits per heavy atom. The van der Waals surface area contributed by atoms with Gasteiger partial charge in [-0.05, 0) is 13.0 Å². The van der Waals surface area contributed by atoms with Gasteiger partial charge in [0.15, 0.2) is 0 Å². The first-order valence-corrected chi connectivity index (χ1v) is 4.83. The summed E-state index contributed by atoms with van der Waals surface area (Å²) >= 11 is 0. The van der Waals surface area contributed by atoms with Crippen LogP contribution in [0, 0.1) is 0 Å². The third kappa shape index (κ3) is 4.30. The van der Waals surface area contributed by atoms with Crippen molar-refractivity contribution in [2.45, 2.75) is 13.3 Å². The van der Waals surface area contributed by atoms with E-state index in [1.165, 1.54) is 0 Å². The Morgan fingerprint density at radius 3 is 3.13 bits per heavy atom. The van der Waals surface area contributed by atoms with Gasteiger partial charge in [0.05, 0.1) is 13.0 Å². The van der Waals surface area contributed by atoms with E-state index in [4.69, 9.17) is 10.5 Å². The number of esters is 1. The Hall–Kier alpha value is -1.78. The quantitative estimate of drug-likeness (QED) is 0.708. The zero-order chi connectivity index (χ0) is 11.1. The summed E-state index contributed by atoms with van der Waals surface area (Å²) in [5.41, 5.74) is 6.35. The summed E-state index contributed by atoms with van der Waals surface area (Å²) in [5.74, 6) is 0.253. The molecule has 15 heavy (non-hydrogen) atoms. The molecule has 0 unspecified atom stereocenters. The molecule has 0 fully saturated rings. The SMILES string of the molecule is CCOC(=O)CCNc1ccnc(N)c1. The van der Waals surface area contributed by atoms with Gasteiger partial charge in [0.25, 0.3) is 0 Å². The third-order valence-electron chi connectivity index (χ3n) is 1.74. The molecule has 5 nitrogen and oxygen atoms in total. The molecule has 1 aromatic heterocycles. The van der Waals surface area contributed by atoms with E-state index >= 15 is 0 Å². The minimum Gasteiger partial charge on any atom is -0.466 e. The van der Waals surface area contributed by atoms with Crippen LogP contribution in [0.2, 0.25) is 0 Å². The molecule has 1 aromatic rings. The number of ether oxygens (including phenoxy) is 1. The van der Waals surface area contributed by atoms with Crippen molar-refractivity contribution < 1.29 is 9.53 Å². The first kappa shape index (κ1) is 11.3. The summed E-state index contributed by atoms with van der Waals surface area (Å²) in [4.78, 5) is 14.9. The van der Waals surface area contributed by atoms with E-state index < -0.39 is 0 Å². The van der Waals surface area contributed by atoms with Gasteiger partial charge in [-0.1, -0.05) is 0 Å². The molecule has 0 spiro atoms. The summed E-state index contributed by atoms with van der Waals surface area (Å²) < 4.78 is 4.79. The van der Waals surface area contributed by atoms with Gasteiger partial charge in [-0.2, -0.15) is 0 Å². The highest BCUT2D eigenvalue weighted by Gasteiger charge is 2.00. The Bertz CT molecular complexity index is 328. The second-order valence-electron chi connectivity index (χ2n) is 2.95. The highest BCUT2D eigenvalue weighted by atomic mass is 16.5. The van der Waals surface area contributed by atoms with Crippen LogP contribution in [0.15, 0.2) is 18.3 Å². The minimum absolute atomic E-state index is 0.202. The number of carbonyl (C=O) groups excluding carboxylic acids is 1. The molecule has 0 aromatic carbocycles. The number of pyridine rings is 1. The number of nitrogens with one attached hydrogen (secondary N) is 1. The lowest BCUT2D eigenvalue weighted by atomic mass is 10.3. The van der Waals surface area contributed by atoms with Crippen LogP contribution in [0.3, 0.4) is 0 Å². The second-order valence-corrected chi connectivity index (χ2v) is 2.95.